The molecule has 3 N–H and O–H groups in total. The van der Waals surface area contributed by atoms with Gasteiger partial charge >= 0.3 is 6.18 Å². The van der Waals surface area contributed by atoms with Crippen molar-refractivity contribution in [1.29, 1.82) is 5.26 Å². The van der Waals surface area contributed by atoms with Gasteiger partial charge in [0.05, 0.1) is 17.2 Å². The molecule has 2 aromatic rings. The lowest BCUT2D eigenvalue weighted by molar-refractivity contribution is -0.138. The van der Waals surface area contributed by atoms with E-state index in [9.17, 15) is 27.9 Å². The first-order valence-corrected chi connectivity index (χ1v) is 8.58. The second-order valence-electron chi connectivity index (χ2n) is 6.59. The lowest BCUT2D eigenvalue weighted by atomic mass is 10.1. The highest BCUT2D eigenvalue weighted by molar-refractivity contribution is 5.97. The van der Waals surface area contributed by atoms with Crippen LogP contribution in [-0.2, 0) is 15.8 Å². The molecular formula is C20H18F3N3O4. The molecule has 0 heterocycles. The Labute approximate surface area is 170 Å². The molecule has 0 aliphatic heterocycles. The summed E-state index contributed by atoms with van der Waals surface area (Å²) < 4.78 is 44.5. The topological polar surface area (TPSA) is 111 Å². The third kappa shape index (κ3) is 5.96. The number of halogens is 3. The number of nitrogens with zero attached hydrogens (tertiary/aromatic N) is 1. The van der Waals surface area contributed by atoms with Gasteiger partial charge in [-0.1, -0.05) is 0 Å². The van der Waals surface area contributed by atoms with Crippen molar-refractivity contribution < 1.29 is 32.6 Å². The number of rotatable bonds is 6. The summed E-state index contributed by atoms with van der Waals surface area (Å²) in [5.74, 6) is -0.940. The van der Waals surface area contributed by atoms with E-state index in [0.717, 1.165) is 19.1 Å². The molecule has 7 nitrogen and oxygen atoms in total. The Morgan fingerprint density at radius 3 is 2.23 bits per heavy atom. The summed E-state index contributed by atoms with van der Waals surface area (Å²) in [5, 5.41) is 23.9. The molecule has 1 atom stereocenters. The molecule has 0 spiro atoms. The van der Waals surface area contributed by atoms with Gasteiger partial charge in [0.25, 0.3) is 5.91 Å². The van der Waals surface area contributed by atoms with Gasteiger partial charge in [0.15, 0.2) is 5.60 Å². The molecule has 158 valence electrons. The zero-order valence-corrected chi connectivity index (χ0v) is 16.0. The van der Waals surface area contributed by atoms with Crippen LogP contribution in [0.2, 0.25) is 0 Å². The SMILES string of the molecule is CC(=O)Nc1ccc(OC[C@](C)(O)C(=O)Nc2ccc(C#N)c(C(F)(F)F)c2)cc1. The third-order valence-corrected chi connectivity index (χ3v) is 3.89. The number of nitrogens with one attached hydrogen (secondary N) is 2. The molecular weight excluding hydrogens is 403 g/mol. The van der Waals surface area contributed by atoms with Crippen LogP contribution >= 0.6 is 0 Å². The second kappa shape index (κ2) is 8.84. The predicted molar refractivity (Wildman–Crippen MR) is 102 cm³/mol. The second-order valence-corrected chi connectivity index (χ2v) is 6.59. The molecule has 0 saturated heterocycles. The van der Waals surface area contributed by atoms with E-state index in [1.807, 2.05) is 0 Å². The Kier molecular flexibility index (Phi) is 6.69. The van der Waals surface area contributed by atoms with Crippen molar-refractivity contribution in [2.45, 2.75) is 25.6 Å². The quantitative estimate of drug-likeness (QED) is 0.663. The van der Waals surface area contributed by atoms with Gasteiger partial charge in [0.1, 0.15) is 12.4 Å². The van der Waals surface area contributed by atoms with Crippen LogP contribution in [0.15, 0.2) is 42.5 Å². The Morgan fingerprint density at radius 1 is 1.10 bits per heavy atom. The van der Waals surface area contributed by atoms with E-state index in [1.165, 1.54) is 25.1 Å². The maximum atomic E-state index is 13.0. The fraction of sp³-hybridized carbons (Fsp3) is 0.250. The zero-order chi connectivity index (χ0) is 22.5. The molecule has 2 rings (SSSR count). The summed E-state index contributed by atoms with van der Waals surface area (Å²) in [6, 6.07) is 10.3. The van der Waals surface area contributed by atoms with Crippen molar-refractivity contribution in [2.24, 2.45) is 0 Å². The minimum absolute atomic E-state index is 0.230. The maximum absolute atomic E-state index is 13.0. The summed E-state index contributed by atoms with van der Waals surface area (Å²) >= 11 is 0. The standard InChI is InChI=1S/C20H18F3N3O4/c1-12(27)25-14-5-7-16(8-6-14)30-11-19(2,29)18(28)26-15-4-3-13(10-24)17(9-15)20(21,22)23/h3-9,29H,11H2,1-2H3,(H,25,27)(H,26,28)/t19-/m0/s1. The molecule has 0 unspecified atom stereocenters. The highest BCUT2D eigenvalue weighted by Crippen LogP contribution is 2.33. The number of anilines is 2. The van der Waals surface area contributed by atoms with Crippen LogP contribution in [0.1, 0.15) is 25.0 Å². The highest BCUT2D eigenvalue weighted by atomic mass is 19.4. The van der Waals surface area contributed by atoms with Crippen molar-refractivity contribution >= 4 is 23.2 Å². The van der Waals surface area contributed by atoms with Crippen molar-refractivity contribution in [3.05, 3.63) is 53.6 Å². The van der Waals surface area contributed by atoms with Crippen molar-refractivity contribution in [3.8, 4) is 11.8 Å². The van der Waals surface area contributed by atoms with E-state index < -0.39 is 35.4 Å². The molecule has 0 aromatic heterocycles. The van der Waals surface area contributed by atoms with Crippen LogP contribution in [0.25, 0.3) is 0 Å². The number of alkyl halides is 3. The zero-order valence-electron chi connectivity index (χ0n) is 16.0. The fourth-order valence-corrected chi connectivity index (χ4v) is 2.35. The van der Waals surface area contributed by atoms with E-state index in [-0.39, 0.29) is 11.6 Å². The molecule has 0 aliphatic carbocycles. The first-order chi connectivity index (χ1) is 13.9. The Morgan fingerprint density at radius 2 is 1.70 bits per heavy atom. The number of amides is 2. The lowest BCUT2D eigenvalue weighted by Gasteiger charge is -2.23. The Bertz CT molecular complexity index is 980. The largest absolute Gasteiger partial charge is 0.490 e. The number of nitriles is 1. The number of aliphatic hydroxyl groups is 1. The molecule has 0 saturated carbocycles. The molecule has 2 amide bonds. The van der Waals surface area contributed by atoms with E-state index in [0.29, 0.717) is 17.5 Å². The summed E-state index contributed by atoms with van der Waals surface area (Å²) in [6.45, 7) is 2.01. The Hall–Kier alpha value is -3.58. The summed E-state index contributed by atoms with van der Waals surface area (Å²) in [5.41, 5.74) is -3.55. The van der Waals surface area contributed by atoms with Gasteiger partial charge in [-0.05, 0) is 49.4 Å². The minimum atomic E-state index is -4.78. The van der Waals surface area contributed by atoms with Gasteiger partial charge < -0.3 is 20.5 Å². The van der Waals surface area contributed by atoms with E-state index in [4.69, 9.17) is 10.00 Å². The van der Waals surface area contributed by atoms with E-state index >= 15 is 0 Å². The van der Waals surface area contributed by atoms with Crippen LogP contribution in [0.3, 0.4) is 0 Å². The number of benzene rings is 2. The van der Waals surface area contributed by atoms with Crippen LogP contribution in [-0.4, -0.2) is 29.1 Å². The number of hydrogen-bond donors (Lipinski definition) is 3. The number of carbonyl (C=O) groups excluding carboxylic acids is 2. The molecule has 30 heavy (non-hydrogen) atoms. The number of ether oxygens (including phenoxy) is 1. The summed E-state index contributed by atoms with van der Waals surface area (Å²) in [6.07, 6.45) is -4.78. The average Bonchev–Trinajstić information content (AvgIpc) is 2.66. The molecule has 10 heteroatoms. The molecule has 0 bridgehead atoms. The summed E-state index contributed by atoms with van der Waals surface area (Å²) in [7, 11) is 0. The van der Waals surface area contributed by atoms with E-state index in [2.05, 4.69) is 10.6 Å². The minimum Gasteiger partial charge on any atom is -0.490 e. The molecule has 0 fully saturated rings. The van der Waals surface area contributed by atoms with Gasteiger partial charge in [-0.25, -0.2) is 0 Å². The first-order valence-electron chi connectivity index (χ1n) is 8.58. The average molecular weight is 421 g/mol. The van der Waals surface area contributed by atoms with E-state index in [1.54, 1.807) is 12.1 Å². The van der Waals surface area contributed by atoms with Crippen molar-refractivity contribution in [1.82, 2.24) is 0 Å². The van der Waals surface area contributed by atoms with Gasteiger partial charge in [-0.15, -0.1) is 0 Å². The van der Waals surface area contributed by atoms with Gasteiger partial charge in [0, 0.05) is 18.3 Å². The fourth-order valence-electron chi connectivity index (χ4n) is 2.35. The number of hydrogen-bond acceptors (Lipinski definition) is 5. The molecule has 0 aliphatic rings. The van der Waals surface area contributed by atoms with Crippen LogP contribution in [0.5, 0.6) is 5.75 Å². The van der Waals surface area contributed by atoms with Gasteiger partial charge in [-0.2, -0.15) is 18.4 Å². The molecule has 0 radical (unpaired) electrons. The number of carbonyl (C=O) groups is 2. The monoisotopic (exact) mass is 421 g/mol. The third-order valence-electron chi connectivity index (χ3n) is 3.89. The molecule has 2 aromatic carbocycles. The van der Waals surface area contributed by atoms with Crippen LogP contribution < -0.4 is 15.4 Å². The highest BCUT2D eigenvalue weighted by Gasteiger charge is 2.35. The van der Waals surface area contributed by atoms with Gasteiger partial charge in [-0.3, -0.25) is 9.59 Å². The lowest BCUT2D eigenvalue weighted by Crippen LogP contribution is -2.45. The normalized spacial score (nSPS) is 13.0. The maximum Gasteiger partial charge on any atom is 0.417 e. The summed E-state index contributed by atoms with van der Waals surface area (Å²) in [4.78, 5) is 23.3. The van der Waals surface area contributed by atoms with Crippen molar-refractivity contribution in [2.75, 3.05) is 17.2 Å². The van der Waals surface area contributed by atoms with Gasteiger partial charge in [0.2, 0.25) is 5.91 Å². The smallest absolute Gasteiger partial charge is 0.417 e. The predicted octanol–water partition coefficient (Wildman–Crippen LogP) is 3.30. The van der Waals surface area contributed by atoms with Crippen molar-refractivity contribution in [3.63, 3.8) is 0 Å². The van der Waals surface area contributed by atoms with Crippen LogP contribution in [0, 0.1) is 11.3 Å². The first kappa shape index (κ1) is 22.7. The van der Waals surface area contributed by atoms with Crippen LogP contribution in [0.4, 0.5) is 24.5 Å². The Balaban J connectivity index is 2.05.